The van der Waals surface area contributed by atoms with Crippen LogP contribution in [0.25, 0.3) is 5.57 Å². The maximum atomic E-state index is 12.0. The summed E-state index contributed by atoms with van der Waals surface area (Å²) in [7, 11) is 3.00. The number of nitrogens with one attached hydrogen (secondary N) is 1. The maximum Gasteiger partial charge on any atom is 0.335 e. The van der Waals surface area contributed by atoms with E-state index in [1.807, 2.05) is 57.2 Å². The van der Waals surface area contributed by atoms with Crippen LogP contribution in [0, 0.1) is 6.92 Å². The zero-order valence-corrected chi connectivity index (χ0v) is 18.3. The highest BCUT2D eigenvalue weighted by atomic mass is 16.6. The van der Waals surface area contributed by atoms with Gasteiger partial charge in [-0.2, -0.15) is 0 Å². The molecule has 0 fully saturated rings. The lowest BCUT2D eigenvalue weighted by Gasteiger charge is -2.19. The number of rotatable bonds is 7. The molecule has 0 saturated carbocycles. The molecule has 0 spiro atoms. The van der Waals surface area contributed by atoms with Gasteiger partial charge >= 0.3 is 6.03 Å². The number of hydrogen-bond acceptors (Lipinski definition) is 6. The van der Waals surface area contributed by atoms with Crippen molar-refractivity contribution < 1.29 is 14.4 Å². The fraction of sp³-hybridized carbons (Fsp3) is 0.273. The molecule has 0 aliphatic rings. The Kier molecular flexibility index (Phi) is 9.04. The van der Waals surface area contributed by atoms with Crippen LogP contribution in [0.1, 0.15) is 36.1 Å². The van der Waals surface area contributed by atoms with Gasteiger partial charge in [0.25, 0.3) is 0 Å². The molecular weight excluding hydrogens is 382 g/mol. The first-order valence-electron chi connectivity index (χ1n) is 9.13. The predicted molar refractivity (Wildman–Crippen MR) is 122 cm³/mol. The van der Waals surface area contributed by atoms with E-state index in [-0.39, 0.29) is 12.8 Å². The van der Waals surface area contributed by atoms with Gasteiger partial charge in [-0.1, -0.05) is 29.4 Å². The number of amides is 2. The topological polar surface area (TPSA) is 124 Å². The second kappa shape index (κ2) is 11.0. The van der Waals surface area contributed by atoms with Crippen molar-refractivity contribution >= 4 is 23.0 Å². The number of aryl methyl sites for hydroxylation is 1. The lowest BCUT2D eigenvalue weighted by Crippen LogP contribution is -2.37. The van der Waals surface area contributed by atoms with E-state index in [1.54, 1.807) is 0 Å². The molecule has 0 radical (unpaired) electrons. The number of oxime groups is 1. The predicted octanol–water partition coefficient (Wildman–Crippen LogP) is 4.48. The Morgan fingerprint density at radius 1 is 1.27 bits per heavy atom. The molecule has 0 heterocycles. The molecule has 0 saturated heterocycles. The van der Waals surface area contributed by atoms with E-state index < -0.39 is 6.03 Å². The Balaban J connectivity index is 0.00000450. The second-order valence-electron chi connectivity index (χ2n) is 6.78. The first-order valence-corrected chi connectivity index (χ1v) is 9.13. The van der Waals surface area contributed by atoms with E-state index in [4.69, 9.17) is 15.4 Å². The van der Waals surface area contributed by atoms with Crippen LogP contribution < -0.4 is 22.0 Å². The van der Waals surface area contributed by atoms with Gasteiger partial charge in [-0.3, -0.25) is 5.01 Å². The number of urea groups is 1. The zero-order valence-electron chi connectivity index (χ0n) is 18.3. The third-order valence-corrected chi connectivity index (χ3v) is 4.39. The van der Waals surface area contributed by atoms with Gasteiger partial charge in [-0.25, -0.2) is 10.6 Å². The minimum atomic E-state index is -0.418. The fourth-order valence-electron chi connectivity index (χ4n) is 2.84. The van der Waals surface area contributed by atoms with Crippen molar-refractivity contribution in [1.29, 1.82) is 0 Å². The number of benzene rings is 2. The van der Waals surface area contributed by atoms with E-state index in [2.05, 4.69) is 17.1 Å². The maximum absolute atomic E-state index is 12.0. The lowest BCUT2D eigenvalue weighted by atomic mass is 10.0. The summed E-state index contributed by atoms with van der Waals surface area (Å²) in [4.78, 5) is 16.9. The molecule has 2 rings (SSSR count). The number of ether oxygens (including phenoxy) is 1. The quantitative estimate of drug-likeness (QED) is 0.267. The number of hydrogen-bond donors (Lipinski definition) is 3. The second-order valence-corrected chi connectivity index (χ2v) is 6.78. The van der Waals surface area contributed by atoms with Gasteiger partial charge in [0.15, 0.2) is 0 Å². The molecule has 0 aliphatic carbocycles. The fourth-order valence-corrected chi connectivity index (χ4v) is 2.84. The summed E-state index contributed by atoms with van der Waals surface area (Å²) in [5, 5.41) is 7.75. The zero-order chi connectivity index (χ0) is 21.6. The molecule has 8 heteroatoms. The molecule has 0 atom stereocenters. The van der Waals surface area contributed by atoms with Gasteiger partial charge in [-0.05, 0) is 61.7 Å². The van der Waals surface area contributed by atoms with E-state index in [0.29, 0.717) is 5.69 Å². The first-order chi connectivity index (χ1) is 13.7. The van der Waals surface area contributed by atoms with Crippen LogP contribution in [0.5, 0.6) is 5.75 Å². The summed E-state index contributed by atoms with van der Waals surface area (Å²) in [5.41, 5.74) is 5.96. The molecule has 6 N–H and O–H groups in total. The smallest absolute Gasteiger partial charge is 0.335 e. The molecule has 0 bridgehead atoms. The SMILES string of the molecule is C=C(C)c1cccc(NC(=O)N(C)N)c1COc1ccc(C(C)=NOC)cc1C.N. The number of carbonyl (C=O) groups excluding carboxylic acids is 1. The van der Waals surface area contributed by atoms with Crippen molar-refractivity contribution in [1.82, 2.24) is 11.2 Å². The number of anilines is 1. The minimum Gasteiger partial charge on any atom is -0.489 e. The molecule has 162 valence electrons. The Bertz CT molecular complexity index is 938. The Hall–Kier alpha value is -3.36. The van der Waals surface area contributed by atoms with Crippen molar-refractivity contribution in [2.75, 3.05) is 19.5 Å². The average molecular weight is 414 g/mol. The molecule has 0 aliphatic heterocycles. The number of hydrazine groups is 1. The third-order valence-electron chi connectivity index (χ3n) is 4.39. The average Bonchev–Trinajstić information content (AvgIpc) is 2.67. The molecule has 2 aromatic carbocycles. The van der Waals surface area contributed by atoms with Crippen molar-refractivity contribution in [3.8, 4) is 5.75 Å². The monoisotopic (exact) mass is 413 g/mol. The number of nitrogens with two attached hydrogens (primary N) is 1. The van der Waals surface area contributed by atoms with Gasteiger partial charge in [-0.15, -0.1) is 0 Å². The highest BCUT2D eigenvalue weighted by Gasteiger charge is 2.14. The summed E-state index contributed by atoms with van der Waals surface area (Å²) in [5.74, 6) is 6.27. The summed E-state index contributed by atoms with van der Waals surface area (Å²) in [6.45, 7) is 10.1. The van der Waals surface area contributed by atoms with Crippen LogP contribution in [0.15, 0.2) is 48.1 Å². The largest absolute Gasteiger partial charge is 0.489 e. The van der Waals surface area contributed by atoms with E-state index in [9.17, 15) is 4.79 Å². The van der Waals surface area contributed by atoms with Crippen LogP contribution in [0.3, 0.4) is 0 Å². The highest BCUT2D eigenvalue weighted by molar-refractivity contribution is 5.98. The van der Waals surface area contributed by atoms with Crippen LogP contribution >= 0.6 is 0 Å². The first kappa shape index (κ1) is 24.7. The normalized spacial score (nSPS) is 10.7. The van der Waals surface area contributed by atoms with E-state index >= 15 is 0 Å². The Morgan fingerprint density at radius 2 is 1.97 bits per heavy atom. The van der Waals surface area contributed by atoms with Crippen molar-refractivity contribution in [2.45, 2.75) is 27.4 Å². The number of carbonyl (C=O) groups is 1. The summed E-state index contributed by atoms with van der Waals surface area (Å²) in [6.07, 6.45) is 0. The van der Waals surface area contributed by atoms with Gasteiger partial charge in [0.1, 0.15) is 19.5 Å². The van der Waals surface area contributed by atoms with Gasteiger partial charge in [0.05, 0.1) is 5.71 Å². The van der Waals surface area contributed by atoms with Crippen molar-refractivity contribution in [2.24, 2.45) is 11.0 Å². The number of nitrogens with zero attached hydrogens (tertiary/aromatic N) is 2. The van der Waals surface area contributed by atoms with E-state index in [0.717, 1.165) is 44.3 Å². The van der Waals surface area contributed by atoms with Crippen LogP contribution in [-0.4, -0.2) is 30.9 Å². The lowest BCUT2D eigenvalue weighted by molar-refractivity contribution is 0.213. The highest BCUT2D eigenvalue weighted by Crippen LogP contribution is 2.28. The standard InChI is InChI=1S/C22H28N4O3.H3N/c1-14(2)18-8-7-9-20(24-22(27)26(5)23)19(18)13-29-21-11-10-17(12-15(21)3)16(4)25-28-6;/h7-12H,1,13,23H2,2-6H3,(H,24,27);1H3. The van der Waals surface area contributed by atoms with E-state index in [1.165, 1.54) is 14.2 Å². The molecule has 2 aromatic rings. The Labute approximate surface area is 177 Å². The summed E-state index contributed by atoms with van der Waals surface area (Å²) >= 11 is 0. The number of allylic oxidation sites excluding steroid dienone is 1. The minimum absolute atomic E-state index is 0. The molecule has 0 unspecified atom stereocenters. The Morgan fingerprint density at radius 3 is 2.53 bits per heavy atom. The van der Waals surface area contributed by atoms with Gasteiger partial charge in [0.2, 0.25) is 0 Å². The molecule has 30 heavy (non-hydrogen) atoms. The van der Waals surface area contributed by atoms with Crippen molar-refractivity contribution in [3.63, 3.8) is 0 Å². The summed E-state index contributed by atoms with van der Waals surface area (Å²) < 4.78 is 6.08. The van der Waals surface area contributed by atoms with Gasteiger partial charge in [0, 0.05) is 18.3 Å². The van der Waals surface area contributed by atoms with Gasteiger partial charge < -0.3 is 21.0 Å². The summed E-state index contributed by atoms with van der Waals surface area (Å²) in [6, 6.07) is 11.0. The third kappa shape index (κ3) is 6.07. The van der Waals surface area contributed by atoms with Crippen LogP contribution in [0.2, 0.25) is 0 Å². The van der Waals surface area contributed by atoms with Crippen molar-refractivity contribution in [3.05, 3.63) is 65.2 Å². The van der Waals surface area contributed by atoms with Crippen LogP contribution in [-0.2, 0) is 11.4 Å². The molecule has 0 aromatic heterocycles. The molecule has 8 nitrogen and oxygen atoms in total. The molecular formula is C22H31N5O3. The van der Waals surface area contributed by atoms with Crippen LogP contribution in [0.4, 0.5) is 10.5 Å². The molecule has 2 amide bonds.